The fourth-order valence-corrected chi connectivity index (χ4v) is 9.69. The largest absolute Gasteiger partial charge is 0.455 e. The molecule has 0 amide bonds. The van der Waals surface area contributed by atoms with E-state index in [1.165, 1.54) is 5.39 Å². The Hall–Kier alpha value is -9.26. The van der Waals surface area contributed by atoms with Crippen LogP contribution in [0.5, 0.6) is 0 Å². The average Bonchev–Trinajstić information content (AvgIpc) is 3.96. The molecule has 6 heteroatoms. The van der Waals surface area contributed by atoms with Crippen LogP contribution in [0.25, 0.3) is 128 Å². The van der Waals surface area contributed by atoms with Crippen LogP contribution in [0.2, 0.25) is 0 Å². The Morgan fingerprint density at radius 1 is 0.324 bits per heavy atom. The first-order chi connectivity index (χ1) is 33.7. The summed E-state index contributed by atoms with van der Waals surface area (Å²) < 4.78 is 9.38. The number of pyridine rings is 1. The van der Waals surface area contributed by atoms with Gasteiger partial charge in [0.15, 0.2) is 17.5 Å². The van der Waals surface area contributed by atoms with Crippen LogP contribution in [0.4, 0.5) is 0 Å². The van der Waals surface area contributed by atoms with E-state index in [0.29, 0.717) is 23.2 Å². The van der Waals surface area contributed by atoms with Gasteiger partial charge in [-0.2, -0.15) is 0 Å². The molecule has 0 fully saturated rings. The van der Waals surface area contributed by atoms with Crippen LogP contribution in [-0.4, -0.2) is 24.5 Å². The van der Waals surface area contributed by atoms with Crippen LogP contribution in [0, 0.1) is 0 Å². The van der Waals surface area contributed by atoms with Crippen LogP contribution in [-0.2, 0) is 0 Å². The Labute approximate surface area is 392 Å². The lowest BCUT2D eigenvalue weighted by Gasteiger charge is -2.16. The van der Waals surface area contributed by atoms with Crippen molar-refractivity contribution in [1.29, 1.82) is 0 Å². The molecule has 9 aromatic carbocycles. The summed E-state index contributed by atoms with van der Waals surface area (Å²) in [5, 5.41) is 4.38. The summed E-state index contributed by atoms with van der Waals surface area (Å²) in [6.45, 7) is 0. The first-order valence-electron chi connectivity index (χ1n) is 22.8. The fraction of sp³-hybridized carbons (Fsp3) is 0. The topological polar surface area (TPSA) is 69.6 Å². The van der Waals surface area contributed by atoms with Crippen LogP contribution in [0.15, 0.2) is 241 Å². The van der Waals surface area contributed by atoms with Crippen molar-refractivity contribution in [3.63, 3.8) is 0 Å². The van der Waals surface area contributed by atoms with Gasteiger partial charge in [0.05, 0.1) is 16.7 Å². The molecule has 0 bridgehead atoms. The molecule has 0 saturated carbocycles. The number of furan rings is 1. The van der Waals surface area contributed by atoms with Crippen molar-refractivity contribution in [2.45, 2.75) is 0 Å². The van der Waals surface area contributed by atoms with Gasteiger partial charge in [-0.25, -0.2) is 15.0 Å². The zero-order valence-electron chi connectivity index (χ0n) is 36.7. The number of hydrogen-bond donors (Lipinski definition) is 0. The molecule has 6 nitrogen and oxygen atoms in total. The maximum Gasteiger partial charge on any atom is 0.166 e. The number of benzene rings is 9. The normalized spacial score (nSPS) is 11.5. The number of rotatable bonds is 8. The van der Waals surface area contributed by atoms with Crippen molar-refractivity contribution >= 4 is 43.7 Å². The van der Waals surface area contributed by atoms with Gasteiger partial charge in [0.1, 0.15) is 11.2 Å². The van der Waals surface area contributed by atoms with E-state index in [1.807, 2.05) is 72.9 Å². The predicted octanol–water partition coefficient (Wildman–Crippen LogP) is 15.9. The lowest BCUT2D eigenvalue weighted by atomic mass is 9.90. The third-order valence-electron chi connectivity index (χ3n) is 12.9. The Kier molecular flexibility index (Phi) is 9.39. The summed E-state index contributed by atoms with van der Waals surface area (Å²) >= 11 is 0. The highest BCUT2D eigenvalue weighted by molar-refractivity contribution is 6.19. The first kappa shape index (κ1) is 39.1. The van der Waals surface area contributed by atoms with Crippen LogP contribution < -0.4 is 0 Å². The fourth-order valence-electron chi connectivity index (χ4n) is 9.69. The van der Waals surface area contributed by atoms with E-state index < -0.39 is 0 Å². The van der Waals surface area contributed by atoms with Crippen LogP contribution in [0.3, 0.4) is 0 Å². The van der Waals surface area contributed by atoms with Crippen LogP contribution in [0.1, 0.15) is 0 Å². The van der Waals surface area contributed by atoms with Gasteiger partial charge in [0, 0.05) is 67.3 Å². The van der Waals surface area contributed by atoms with E-state index in [9.17, 15) is 0 Å². The predicted molar refractivity (Wildman–Crippen MR) is 277 cm³/mol. The van der Waals surface area contributed by atoms with Gasteiger partial charge in [-0.15, -0.1) is 0 Å². The van der Waals surface area contributed by atoms with E-state index in [2.05, 4.69) is 168 Å². The van der Waals surface area contributed by atoms with Gasteiger partial charge in [0.2, 0.25) is 0 Å². The number of para-hydroxylation sites is 3. The van der Waals surface area contributed by atoms with Gasteiger partial charge in [0.25, 0.3) is 0 Å². The zero-order chi connectivity index (χ0) is 45.0. The first-order valence-corrected chi connectivity index (χ1v) is 22.8. The van der Waals surface area contributed by atoms with Crippen molar-refractivity contribution in [1.82, 2.24) is 24.5 Å². The van der Waals surface area contributed by atoms with Crippen molar-refractivity contribution in [3.05, 3.63) is 237 Å². The van der Waals surface area contributed by atoms with Crippen molar-refractivity contribution in [3.8, 4) is 84.5 Å². The molecule has 0 aliphatic rings. The highest BCUT2D eigenvalue weighted by Crippen LogP contribution is 2.44. The molecule has 0 radical (unpaired) electrons. The van der Waals surface area contributed by atoms with Crippen molar-refractivity contribution < 1.29 is 4.42 Å². The van der Waals surface area contributed by atoms with Gasteiger partial charge in [-0.1, -0.05) is 182 Å². The monoisotopic (exact) mass is 869 g/mol. The molecule has 68 heavy (non-hydrogen) atoms. The highest BCUT2D eigenvalue weighted by atomic mass is 16.3. The third kappa shape index (κ3) is 6.74. The molecule has 0 saturated heterocycles. The van der Waals surface area contributed by atoms with Crippen molar-refractivity contribution in [2.75, 3.05) is 0 Å². The molecule has 318 valence electrons. The quantitative estimate of drug-likeness (QED) is 0.152. The number of hydrogen-bond acceptors (Lipinski definition) is 5. The number of aromatic nitrogens is 5. The van der Waals surface area contributed by atoms with E-state index >= 15 is 0 Å². The second kappa shape index (κ2) is 16.3. The molecule has 13 aromatic rings. The van der Waals surface area contributed by atoms with Gasteiger partial charge in [-0.05, 0) is 70.3 Å². The SMILES string of the molecule is c1ccc(-c2ccc(-c3ccccc3)c(-c3cnc(-c4cccc5c4oc4cc6c(cc45)c4ccccc4n6-c4ccccc4)c(-c4nc(-c5ccccc5)nc(-c5ccccc5)n4)c3)c2)cc1. The molecule has 4 heterocycles. The summed E-state index contributed by atoms with van der Waals surface area (Å²) in [5.41, 5.74) is 15.3. The van der Waals surface area contributed by atoms with Crippen LogP contribution >= 0.6 is 0 Å². The van der Waals surface area contributed by atoms with Gasteiger partial charge in [-0.3, -0.25) is 4.98 Å². The van der Waals surface area contributed by atoms with E-state index in [1.54, 1.807) is 0 Å². The van der Waals surface area contributed by atoms with Crippen molar-refractivity contribution in [2.24, 2.45) is 0 Å². The molecule has 0 atom stereocenters. The summed E-state index contributed by atoms with van der Waals surface area (Å²) in [4.78, 5) is 21.1. The molecule has 0 N–H and O–H groups in total. The molecule has 4 aromatic heterocycles. The van der Waals surface area contributed by atoms with Gasteiger partial charge >= 0.3 is 0 Å². The molecular formula is C62H39N5O. The minimum Gasteiger partial charge on any atom is -0.455 e. The minimum absolute atomic E-state index is 0.504. The second-order valence-corrected chi connectivity index (χ2v) is 17.0. The summed E-state index contributed by atoms with van der Waals surface area (Å²) in [6.07, 6.45) is 1.98. The Morgan fingerprint density at radius 3 is 1.59 bits per heavy atom. The molecule has 0 aliphatic heterocycles. The standard InChI is InChI=1S/C62H39N5O/c1-6-19-40(20-7-1)44-33-34-47(41-21-8-2-9-22-41)51(35-44)45-36-54(62-65-60(42-23-10-3-11-24-42)64-61(66-62)43-25-12-4-13-26-43)58(63-39-45)50-31-18-30-49-53-37-52-48-29-16-17-32-55(48)67(46-27-14-5-15-28-46)56(52)38-57(53)68-59(49)50/h1-39H. The Bertz CT molecular complexity index is 3940. The van der Waals surface area contributed by atoms with Gasteiger partial charge < -0.3 is 8.98 Å². The number of nitrogens with zero attached hydrogens (tertiary/aromatic N) is 5. The minimum atomic E-state index is 0.504. The maximum atomic E-state index is 7.06. The zero-order valence-corrected chi connectivity index (χ0v) is 36.7. The summed E-state index contributed by atoms with van der Waals surface area (Å²) in [5.74, 6) is 1.65. The Balaban J connectivity index is 1.08. The second-order valence-electron chi connectivity index (χ2n) is 17.0. The summed E-state index contributed by atoms with van der Waals surface area (Å²) in [6, 6.07) is 80.0. The molecule has 0 spiro atoms. The smallest absolute Gasteiger partial charge is 0.166 e. The molecule has 0 unspecified atom stereocenters. The lowest BCUT2D eigenvalue weighted by Crippen LogP contribution is -2.02. The third-order valence-corrected chi connectivity index (χ3v) is 12.9. The lowest BCUT2D eigenvalue weighted by molar-refractivity contribution is 0.670. The van der Waals surface area contributed by atoms with E-state index in [4.69, 9.17) is 24.4 Å². The molecule has 13 rings (SSSR count). The highest BCUT2D eigenvalue weighted by Gasteiger charge is 2.24. The summed E-state index contributed by atoms with van der Waals surface area (Å²) in [7, 11) is 0. The average molecular weight is 870 g/mol. The molecule has 0 aliphatic carbocycles. The Morgan fingerprint density at radius 2 is 0.897 bits per heavy atom. The number of fused-ring (bicyclic) bond motifs is 6. The van der Waals surface area contributed by atoms with E-state index in [0.717, 1.165) is 99.7 Å². The van der Waals surface area contributed by atoms with E-state index in [-0.39, 0.29) is 0 Å². The molecular weight excluding hydrogens is 831 g/mol. The maximum absolute atomic E-state index is 7.06.